The Kier molecular flexibility index (Phi) is 6.05. The zero-order valence-corrected chi connectivity index (χ0v) is 18.6. The molecule has 0 radical (unpaired) electrons. The van der Waals surface area contributed by atoms with Crippen LogP contribution in [0.25, 0.3) is 4.96 Å². The van der Waals surface area contributed by atoms with Gasteiger partial charge in [0.15, 0.2) is 10.7 Å². The molecule has 5 nitrogen and oxygen atoms in total. The predicted octanol–water partition coefficient (Wildman–Crippen LogP) is 4.93. The number of thiazole rings is 1. The van der Waals surface area contributed by atoms with Crippen molar-refractivity contribution in [1.82, 2.24) is 19.2 Å². The maximum Gasteiger partial charge on any atom is 0.274 e. The molecule has 3 aromatic rings. The van der Waals surface area contributed by atoms with Gasteiger partial charge in [0, 0.05) is 37.8 Å². The highest BCUT2D eigenvalue weighted by atomic mass is 32.1. The van der Waals surface area contributed by atoms with Crippen LogP contribution in [0.3, 0.4) is 0 Å². The summed E-state index contributed by atoms with van der Waals surface area (Å²) < 4.78 is 15.4. The lowest BCUT2D eigenvalue weighted by molar-refractivity contribution is 0.0735. The van der Waals surface area contributed by atoms with Crippen molar-refractivity contribution in [3.8, 4) is 0 Å². The van der Waals surface area contributed by atoms with Crippen molar-refractivity contribution in [2.24, 2.45) is 0 Å². The summed E-state index contributed by atoms with van der Waals surface area (Å²) in [7, 11) is 0. The third-order valence-electron chi connectivity index (χ3n) is 6.69. The molecule has 2 fully saturated rings. The maximum atomic E-state index is 13.4. The quantitative estimate of drug-likeness (QED) is 0.578. The van der Waals surface area contributed by atoms with Crippen molar-refractivity contribution in [2.45, 2.75) is 51.0 Å². The van der Waals surface area contributed by atoms with Crippen LogP contribution in [0.15, 0.2) is 35.8 Å². The number of imidazole rings is 1. The summed E-state index contributed by atoms with van der Waals surface area (Å²) in [5, 5.41) is 2.03. The Labute approximate surface area is 186 Å². The van der Waals surface area contributed by atoms with Crippen LogP contribution in [0.5, 0.6) is 0 Å². The van der Waals surface area contributed by atoms with Crippen molar-refractivity contribution >= 4 is 22.2 Å². The molecule has 2 aliphatic heterocycles. The monoisotopic (exact) mass is 440 g/mol. The summed E-state index contributed by atoms with van der Waals surface area (Å²) in [4.78, 5) is 23.5. The number of hydrogen-bond acceptors (Lipinski definition) is 4. The lowest BCUT2D eigenvalue weighted by Gasteiger charge is -2.25. The minimum absolute atomic E-state index is 0.0853. The van der Waals surface area contributed by atoms with Crippen LogP contribution in [0.4, 0.5) is 4.39 Å². The standard InChI is InChI=1S/C24H29FN4OS/c25-20-8-6-18(7-9-20)19-10-13-27(16-19)17-21-22(26-24-29(21)14-15-31-24)23(30)28-11-4-2-1-3-5-12-28/h6-9,14-15,19H,1-5,10-13,16-17H2. The van der Waals surface area contributed by atoms with Gasteiger partial charge in [-0.05, 0) is 49.4 Å². The Balaban J connectivity index is 1.35. The highest BCUT2D eigenvalue weighted by molar-refractivity contribution is 7.15. The molecule has 1 unspecified atom stereocenters. The third kappa shape index (κ3) is 4.39. The summed E-state index contributed by atoms with van der Waals surface area (Å²) in [6, 6.07) is 6.89. The van der Waals surface area contributed by atoms with Gasteiger partial charge in [-0.1, -0.05) is 31.4 Å². The smallest absolute Gasteiger partial charge is 0.274 e. The van der Waals surface area contributed by atoms with Gasteiger partial charge in [0.05, 0.1) is 5.69 Å². The molecule has 2 aromatic heterocycles. The number of benzene rings is 1. The first kappa shape index (κ1) is 20.6. The molecule has 4 heterocycles. The zero-order chi connectivity index (χ0) is 21.2. The number of hydrogen-bond donors (Lipinski definition) is 0. The van der Waals surface area contributed by atoms with Crippen LogP contribution in [0, 0.1) is 5.82 Å². The van der Waals surface area contributed by atoms with E-state index in [0.717, 1.165) is 56.1 Å². The van der Waals surface area contributed by atoms with Gasteiger partial charge in [0.2, 0.25) is 0 Å². The Hall–Kier alpha value is -2.25. The maximum absolute atomic E-state index is 13.4. The number of amides is 1. The molecular weight excluding hydrogens is 411 g/mol. The van der Waals surface area contributed by atoms with E-state index >= 15 is 0 Å². The number of carbonyl (C=O) groups is 1. The Morgan fingerprint density at radius 1 is 1.06 bits per heavy atom. The number of rotatable bonds is 4. The fourth-order valence-electron chi connectivity index (χ4n) is 4.95. The van der Waals surface area contributed by atoms with E-state index in [1.54, 1.807) is 23.5 Å². The van der Waals surface area contributed by atoms with Crippen LogP contribution in [-0.4, -0.2) is 51.3 Å². The van der Waals surface area contributed by atoms with Gasteiger partial charge in [0.25, 0.3) is 5.91 Å². The number of aromatic nitrogens is 2. The van der Waals surface area contributed by atoms with E-state index in [1.807, 2.05) is 28.6 Å². The van der Waals surface area contributed by atoms with Crippen LogP contribution in [-0.2, 0) is 6.54 Å². The van der Waals surface area contributed by atoms with Gasteiger partial charge in [-0.3, -0.25) is 14.1 Å². The molecule has 2 aliphatic rings. The summed E-state index contributed by atoms with van der Waals surface area (Å²) >= 11 is 1.58. The van der Waals surface area contributed by atoms with Crippen LogP contribution >= 0.6 is 11.3 Å². The average Bonchev–Trinajstić information content (AvgIpc) is 3.46. The van der Waals surface area contributed by atoms with Crippen LogP contribution in [0.2, 0.25) is 0 Å². The topological polar surface area (TPSA) is 40.9 Å². The van der Waals surface area contributed by atoms with Crippen molar-refractivity contribution in [3.63, 3.8) is 0 Å². The summed E-state index contributed by atoms with van der Waals surface area (Å²) in [6.07, 6.45) is 8.91. The average molecular weight is 441 g/mol. The fourth-order valence-corrected chi connectivity index (χ4v) is 5.68. The van der Waals surface area contributed by atoms with E-state index in [2.05, 4.69) is 9.30 Å². The molecule has 1 atom stereocenters. The fraction of sp³-hybridized carbons (Fsp3) is 0.500. The van der Waals surface area contributed by atoms with Gasteiger partial charge in [-0.2, -0.15) is 0 Å². The second-order valence-corrected chi connectivity index (χ2v) is 9.67. The molecule has 0 N–H and O–H groups in total. The number of carbonyl (C=O) groups excluding carboxylic acids is 1. The van der Waals surface area contributed by atoms with Gasteiger partial charge in [-0.25, -0.2) is 9.37 Å². The summed E-state index contributed by atoms with van der Waals surface area (Å²) in [5.74, 6) is 0.298. The lowest BCUT2D eigenvalue weighted by Crippen LogP contribution is -2.35. The Morgan fingerprint density at radius 2 is 1.81 bits per heavy atom. The molecule has 5 rings (SSSR count). The molecule has 0 saturated carbocycles. The molecule has 1 aromatic carbocycles. The largest absolute Gasteiger partial charge is 0.337 e. The number of fused-ring (bicyclic) bond motifs is 1. The summed E-state index contributed by atoms with van der Waals surface area (Å²) in [5.41, 5.74) is 2.82. The molecular formula is C24H29FN4OS. The third-order valence-corrected chi connectivity index (χ3v) is 7.45. The number of nitrogens with zero attached hydrogens (tertiary/aromatic N) is 4. The first-order valence-electron chi connectivity index (χ1n) is 11.4. The Morgan fingerprint density at radius 3 is 2.58 bits per heavy atom. The van der Waals surface area contributed by atoms with E-state index in [1.165, 1.54) is 24.8 Å². The normalized spacial score (nSPS) is 20.8. The van der Waals surface area contributed by atoms with Crippen LogP contribution in [0.1, 0.15) is 66.2 Å². The van der Waals surface area contributed by atoms with Gasteiger partial charge < -0.3 is 4.90 Å². The highest BCUT2D eigenvalue weighted by Gasteiger charge is 2.29. The molecule has 31 heavy (non-hydrogen) atoms. The highest BCUT2D eigenvalue weighted by Crippen LogP contribution is 2.30. The predicted molar refractivity (Wildman–Crippen MR) is 121 cm³/mol. The first-order chi connectivity index (χ1) is 15.2. The van der Waals surface area contributed by atoms with E-state index in [-0.39, 0.29) is 11.7 Å². The van der Waals surface area contributed by atoms with E-state index < -0.39 is 0 Å². The molecule has 164 valence electrons. The number of halogens is 1. The van der Waals surface area contributed by atoms with Gasteiger partial charge in [-0.15, -0.1) is 11.3 Å². The molecule has 1 amide bonds. The molecule has 0 spiro atoms. The minimum Gasteiger partial charge on any atom is -0.337 e. The number of likely N-dealkylation sites (tertiary alicyclic amines) is 2. The van der Waals surface area contributed by atoms with Gasteiger partial charge in [0.1, 0.15) is 5.82 Å². The second-order valence-electron chi connectivity index (χ2n) is 8.79. The molecule has 7 heteroatoms. The molecule has 0 bridgehead atoms. The SMILES string of the molecule is O=C(c1nc2sccn2c1CN1CCC(c2ccc(F)cc2)C1)N1CCCCCCC1. The molecule has 2 saturated heterocycles. The van der Waals surface area contributed by atoms with Gasteiger partial charge >= 0.3 is 0 Å². The Bertz CT molecular complexity index is 1040. The molecule has 0 aliphatic carbocycles. The first-order valence-corrected chi connectivity index (χ1v) is 12.3. The van der Waals surface area contributed by atoms with E-state index in [4.69, 9.17) is 4.98 Å². The zero-order valence-electron chi connectivity index (χ0n) is 17.8. The van der Waals surface area contributed by atoms with Crippen molar-refractivity contribution in [1.29, 1.82) is 0 Å². The van der Waals surface area contributed by atoms with Crippen molar-refractivity contribution in [2.75, 3.05) is 26.2 Å². The second kappa shape index (κ2) is 9.09. The van der Waals surface area contributed by atoms with Crippen molar-refractivity contribution in [3.05, 3.63) is 58.6 Å². The van der Waals surface area contributed by atoms with Crippen molar-refractivity contribution < 1.29 is 9.18 Å². The van der Waals surface area contributed by atoms with Crippen LogP contribution < -0.4 is 0 Å². The van der Waals surface area contributed by atoms with E-state index in [0.29, 0.717) is 18.2 Å². The lowest BCUT2D eigenvalue weighted by atomic mass is 9.99. The minimum atomic E-state index is -0.190. The summed E-state index contributed by atoms with van der Waals surface area (Å²) in [6.45, 7) is 4.27. The van der Waals surface area contributed by atoms with E-state index in [9.17, 15) is 9.18 Å².